The van der Waals surface area contributed by atoms with E-state index in [0.29, 0.717) is 22.9 Å². The van der Waals surface area contributed by atoms with Gasteiger partial charge in [0.15, 0.2) is 0 Å². The van der Waals surface area contributed by atoms with E-state index < -0.39 is 6.36 Å². The maximum atomic E-state index is 12.1. The molecule has 0 saturated carbocycles. The van der Waals surface area contributed by atoms with E-state index in [1.807, 2.05) is 0 Å². The second-order valence-electron chi connectivity index (χ2n) is 5.37. The van der Waals surface area contributed by atoms with Gasteiger partial charge in [-0.3, -0.25) is 4.90 Å². The molecular weight excluding hydrogens is 363 g/mol. The minimum Gasteiger partial charge on any atom is -0.491 e. The minimum atomic E-state index is -4.69. The van der Waals surface area contributed by atoms with Crippen molar-refractivity contribution < 1.29 is 22.6 Å². The Balaban J connectivity index is 1.85. The van der Waals surface area contributed by atoms with Crippen molar-refractivity contribution in [1.29, 1.82) is 0 Å². The lowest BCUT2D eigenvalue weighted by atomic mass is 10.0. The smallest absolute Gasteiger partial charge is 0.491 e. The highest BCUT2D eigenvalue weighted by molar-refractivity contribution is 9.10. The quantitative estimate of drug-likeness (QED) is 0.743. The molecule has 1 aliphatic rings. The zero-order valence-corrected chi connectivity index (χ0v) is 13.9. The van der Waals surface area contributed by atoms with Crippen LogP contribution < -0.4 is 9.47 Å². The first kappa shape index (κ1) is 17.4. The van der Waals surface area contributed by atoms with Gasteiger partial charge in [-0.05, 0) is 60.4 Å². The fourth-order valence-electron chi connectivity index (χ4n) is 2.56. The van der Waals surface area contributed by atoms with Gasteiger partial charge in [-0.1, -0.05) is 6.42 Å². The van der Waals surface area contributed by atoms with Crippen LogP contribution in [0, 0.1) is 0 Å². The lowest BCUT2D eigenvalue weighted by Gasteiger charge is -2.33. The summed E-state index contributed by atoms with van der Waals surface area (Å²) in [5.74, 6) is 0.246. The lowest BCUT2D eigenvalue weighted by Crippen LogP contribution is -2.39. The van der Waals surface area contributed by atoms with E-state index in [4.69, 9.17) is 4.74 Å². The Morgan fingerprint density at radius 2 is 2.09 bits per heavy atom. The number of nitrogens with zero attached hydrogens (tertiary/aromatic N) is 1. The summed E-state index contributed by atoms with van der Waals surface area (Å²) in [5.41, 5.74) is 0. The van der Waals surface area contributed by atoms with E-state index in [-0.39, 0.29) is 5.75 Å². The third kappa shape index (κ3) is 5.35. The summed E-state index contributed by atoms with van der Waals surface area (Å²) in [5, 5.41) is 0. The Kier molecular flexibility index (Phi) is 5.97. The molecule has 0 N–H and O–H groups in total. The van der Waals surface area contributed by atoms with Crippen molar-refractivity contribution in [2.75, 3.05) is 19.7 Å². The summed E-state index contributed by atoms with van der Waals surface area (Å²) in [6.45, 7) is 4.60. The maximum absolute atomic E-state index is 12.1. The van der Waals surface area contributed by atoms with Crippen LogP contribution in [-0.2, 0) is 0 Å². The average molecular weight is 382 g/mol. The van der Waals surface area contributed by atoms with Crippen LogP contribution in [-0.4, -0.2) is 37.0 Å². The van der Waals surface area contributed by atoms with Gasteiger partial charge in [0.05, 0.1) is 4.47 Å². The zero-order valence-electron chi connectivity index (χ0n) is 12.3. The van der Waals surface area contributed by atoms with Crippen LogP contribution in [0.4, 0.5) is 13.2 Å². The molecule has 0 bridgehead atoms. The average Bonchev–Trinajstić information content (AvgIpc) is 2.41. The predicted octanol–water partition coefficient (Wildman–Crippen LogP) is 4.60. The lowest BCUT2D eigenvalue weighted by molar-refractivity contribution is -0.274. The highest BCUT2D eigenvalue weighted by Gasteiger charge is 2.31. The Morgan fingerprint density at radius 1 is 1.32 bits per heavy atom. The highest BCUT2D eigenvalue weighted by atomic mass is 79.9. The van der Waals surface area contributed by atoms with Crippen LogP contribution in [0.25, 0.3) is 0 Å². The van der Waals surface area contributed by atoms with E-state index >= 15 is 0 Å². The fraction of sp³-hybridized carbons (Fsp3) is 0.600. The summed E-state index contributed by atoms with van der Waals surface area (Å²) in [7, 11) is 0. The Labute approximate surface area is 136 Å². The Bertz CT molecular complexity index is 496. The van der Waals surface area contributed by atoms with Gasteiger partial charge < -0.3 is 9.47 Å². The van der Waals surface area contributed by atoms with Gasteiger partial charge in [0, 0.05) is 12.6 Å². The third-order valence-corrected chi connectivity index (χ3v) is 4.33. The van der Waals surface area contributed by atoms with Crippen molar-refractivity contribution in [2.45, 2.75) is 38.6 Å². The number of ether oxygens (including phenoxy) is 2. The molecule has 0 aliphatic carbocycles. The van der Waals surface area contributed by atoms with Gasteiger partial charge in [-0.25, -0.2) is 0 Å². The second-order valence-corrected chi connectivity index (χ2v) is 6.22. The maximum Gasteiger partial charge on any atom is 0.573 e. The van der Waals surface area contributed by atoms with E-state index in [9.17, 15) is 13.2 Å². The van der Waals surface area contributed by atoms with Gasteiger partial charge in [0.1, 0.15) is 18.1 Å². The molecule has 2 rings (SSSR count). The first-order valence-corrected chi connectivity index (χ1v) is 8.06. The molecule has 1 aromatic rings. The first-order chi connectivity index (χ1) is 10.3. The molecular formula is C15H19BrF3NO2. The molecule has 0 aromatic heterocycles. The van der Waals surface area contributed by atoms with Crippen molar-refractivity contribution in [1.82, 2.24) is 4.90 Å². The van der Waals surface area contributed by atoms with E-state index in [0.717, 1.165) is 13.1 Å². The van der Waals surface area contributed by atoms with E-state index in [1.165, 1.54) is 37.5 Å². The molecule has 124 valence electrons. The molecule has 3 nitrogen and oxygen atoms in total. The number of hydrogen-bond acceptors (Lipinski definition) is 3. The number of benzene rings is 1. The molecule has 22 heavy (non-hydrogen) atoms. The van der Waals surface area contributed by atoms with Crippen LogP contribution in [0.5, 0.6) is 11.5 Å². The molecule has 1 unspecified atom stereocenters. The number of rotatable bonds is 5. The number of piperidine rings is 1. The number of likely N-dealkylation sites (tertiary alicyclic amines) is 1. The summed E-state index contributed by atoms with van der Waals surface area (Å²) >= 11 is 3.21. The van der Waals surface area contributed by atoms with Gasteiger partial charge in [0.2, 0.25) is 0 Å². The predicted molar refractivity (Wildman–Crippen MR) is 81.2 cm³/mol. The summed E-state index contributed by atoms with van der Waals surface area (Å²) in [4.78, 5) is 2.37. The van der Waals surface area contributed by atoms with E-state index in [1.54, 1.807) is 0 Å². The van der Waals surface area contributed by atoms with E-state index in [2.05, 4.69) is 32.5 Å². The largest absolute Gasteiger partial charge is 0.573 e. The summed E-state index contributed by atoms with van der Waals surface area (Å²) in [6.07, 6.45) is -1.01. The molecule has 0 amide bonds. The fourth-order valence-corrected chi connectivity index (χ4v) is 3.03. The third-order valence-electron chi connectivity index (χ3n) is 3.71. The number of halogens is 4. The number of alkyl halides is 3. The van der Waals surface area contributed by atoms with Crippen LogP contribution in [0.15, 0.2) is 22.7 Å². The van der Waals surface area contributed by atoms with Gasteiger partial charge in [0.25, 0.3) is 0 Å². The Hall–Kier alpha value is -0.950. The summed E-state index contributed by atoms with van der Waals surface area (Å²) in [6, 6.07) is 4.54. The van der Waals surface area contributed by atoms with Crippen LogP contribution in [0.3, 0.4) is 0 Å². The zero-order chi connectivity index (χ0) is 16.2. The molecule has 0 radical (unpaired) electrons. The SMILES string of the molecule is CC1CCCCN1CCOc1ccc(OC(F)(F)F)cc1Br. The van der Waals surface area contributed by atoms with Crippen molar-refractivity contribution >= 4 is 15.9 Å². The standard InChI is InChI=1S/C15H19BrF3NO2/c1-11-4-2-3-7-20(11)8-9-21-14-6-5-12(10-13(14)16)22-15(17,18)19/h5-6,10-11H,2-4,7-9H2,1H3. The molecule has 1 saturated heterocycles. The monoisotopic (exact) mass is 381 g/mol. The molecule has 0 spiro atoms. The van der Waals surface area contributed by atoms with Gasteiger partial charge in [-0.15, -0.1) is 13.2 Å². The van der Waals surface area contributed by atoms with Gasteiger partial charge in [-0.2, -0.15) is 0 Å². The topological polar surface area (TPSA) is 21.7 Å². The van der Waals surface area contributed by atoms with Crippen LogP contribution in [0.2, 0.25) is 0 Å². The minimum absolute atomic E-state index is 0.267. The normalized spacial score (nSPS) is 20.0. The van der Waals surface area contributed by atoms with Crippen molar-refractivity contribution in [3.63, 3.8) is 0 Å². The summed E-state index contributed by atoms with van der Waals surface area (Å²) < 4.78 is 46.4. The van der Waals surface area contributed by atoms with Crippen molar-refractivity contribution in [3.05, 3.63) is 22.7 Å². The van der Waals surface area contributed by atoms with Crippen LogP contribution in [0.1, 0.15) is 26.2 Å². The Morgan fingerprint density at radius 3 is 2.73 bits per heavy atom. The molecule has 1 aromatic carbocycles. The van der Waals surface area contributed by atoms with Crippen LogP contribution >= 0.6 is 15.9 Å². The molecule has 7 heteroatoms. The molecule has 1 heterocycles. The molecule has 1 atom stereocenters. The highest BCUT2D eigenvalue weighted by Crippen LogP contribution is 2.32. The first-order valence-electron chi connectivity index (χ1n) is 7.27. The van der Waals surface area contributed by atoms with Crippen molar-refractivity contribution in [2.24, 2.45) is 0 Å². The second kappa shape index (κ2) is 7.55. The number of hydrogen-bond donors (Lipinski definition) is 0. The van der Waals surface area contributed by atoms with Gasteiger partial charge >= 0.3 is 6.36 Å². The van der Waals surface area contributed by atoms with Crippen molar-refractivity contribution in [3.8, 4) is 11.5 Å². The molecule has 1 fully saturated rings. The molecule has 1 aliphatic heterocycles.